The molecule has 33 heavy (non-hydrogen) atoms. The van der Waals surface area contributed by atoms with E-state index in [0.29, 0.717) is 5.02 Å². The number of rotatable bonds is 9. The number of carbonyl (C=O) groups is 1. The number of nitrogens with zero attached hydrogens (tertiary/aromatic N) is 2. The molecule has 0 heterocycles. The molecule has 0 bridgehead atoms. The first-order chi connectivity index (χ1) is 15.8. The van der Waals surface area contributed by atoms with Crippen LogP contribution in [-0.2, 0) is 27.8 Å². The lowest BCUT2D eigenvalue weighted by atomic mass is 10.1. The van der Waals surface area contributed by atoms with E-state index in [9.17, 15) is 13.2 Å². The monoisotopic (exact) mass is 483 g/mol. The number of halogens is 1. The lowest BCUT2D eigenvalue weighted by Crippen LogP contribution is -2.39. The molecule has 0 aromatic heterocycles. The fraction of sp³-hybridized carbons (Fsp3) is 0.200. The van der Waals surface area contributed by atoms with Crippen molar-refractivity contribution in [2.24, 2.45) is 5.10 Å². The molecule has 3 aromatic carbocycles. The first kappa shape index (κ1) is 24.6. The van der Waals surface area contributed by atoms with Crippen LogP contribution in [0.15, 0.2) is 82.8 Å². The molecule has 0 radical (unpaired) electrons. The van der Waals surface area contributed by atoms with Crippen LogP contribution >= 0.6 is 11.6 Å². The van der Waals surface area contributed by atoms with Gasteiger partial charge in [0.15, 0.2) is 0 Å². The Hall–Kier alpha value is -3.00. The van der Waals surface area contributed by atoms with Gasteiger partial charge in [-0.05, 0) is 54.3 Å². The molecule has 0 saturated carbocycles. The second-order valence-corrected chi connectivity index (χ2v) is 9.98. The average molecular weight is 484 g/mol. The Morgan fingerprint density at radius 1 is 0.970 bits per heavy atom. The fourth-order valence-corrected chi connectivity index (χ4v) is 4.60. The maximum atomic E-state index is 13.3. The van der Waals surface area contributed by atoms with Gasteiger partial charge in [-0.2, -0.15) is 9.41 Å². The summed E-state index contributed by atoms with van der Waals surface area (Å²) in [7, 11) is -3.94. The van der Waals surface area contributed by atoms with Gasteiger partial charge in [-0.1, -0.05) is 72.6 Å². The van der Waals surface area contributed by atoms with Crippen LogP contribution < -0.4 is 5.43 Å². The zero-order chi connectivity index (χ0) is 23.8. The molecule has 6 nitrogen and oxygen atoms in total. The van der Waals surface area contributed by atoms with Crippen molar-refractivity contribution in [3.63, 3.8) is 0 Å². The van der Waals surface area contributed by atoms with Crippen molar-refractivity contribution < 1.29 is 13.2 Å². The van der Waals surface area contributed by atoms with Crippen LogP contribution in [0.25, 0.3) is 0 Å². The highest BCUT2D eigenvalue weighted by Gasteiger charge is 2.27. The lowest BCUT2D eigenvalue weighted by Gasteiger charge is -2.21. The molecule has 0 aliphatic rings. The van der Waals surface area contributed by atoms with Gasteiger partial charge >= 0.3 is 0 Å². The molecule has 0 spiro atoms. The summed E-state index contributed by atoms with van der Waals surface area (Å²) in [5.41, 5.74) is 6.29. The van der Waals surface area contributed by atoms with Crippen LogP contribution in [-0.4, -0.2) is 31.4 Å². The van der Waals surface area contributed by atoms with Crippen molar-refractivity contribution in [2.45, 2.75) is 31.7 Å². The van der Waals surface area contributed by atoms with E-state index in [1.807, 2.05) is 55.5 Å². The molecule has 8 heteroatoms. The average Bonchev–Trinajstić information content (AvgIpc) is 2.81. The normalized spacial score (nSPS) is 11.8. The minimum atomic E-state index is -3.94. The van der Waals surface area contributed by atoms with E-state index in [-0.39, 0.29) is 18.0 Å². The van der Waals surface area contributed by atoms with Crippen LogP contribution in [0.4, 0.5) is 0 Å². The van der Waals surface area contributed by atoms with Crippen LogP contribution in [0.2, 0.25) is 5.02 Å². The summed E-state index contributed by atoms with van der Waals surface area (Å²) in [5.74, 6) is -0.541. The SMILES string of the molecule is CCc1ccc(/C=N\NC(=O)CN(Cc2ccc(C)cc2)S(=O)(=O)c2ccc(Cl)cc2)cc1. The number of aryl methyl sites for hydroxylation is 2. The van der Waals surface area contributed by atoms with E-state index >= 15 is 0 Å². The van der Waals surface area contributed by atoms with Crippen molar-refractivity contribution in [3.8, 4) is 0 Å². The van der Waals surface area contributed by atoms with Crippen LogP contribution in [0, 0.1) is 6.92 Å². The lowest BCUT2D eigenvalue weighted by molar-refractivity contribution is -0.121. The van der Waals surface area contributed by atoms with E-state index in [0.717, 1.165) is 27.4 Å². The van der Waals surface area contributed by atoms with Gasteiger partial charge in [0.1, 0.15) is 0 Å². The number of carbonyl (C=O) groups excluding carboxylic acids is 1. The minimum Gasteiger partial charge on any atom is -0.272 e. The summed E-state index contributed by atoms with van der Waals surface area (Å²) in [4.78, 5) is 12.6. The van der Waals surface area contributed by atoms with Gasteiger partial charge in [0.25, 0.3) is 5.91 Å². The van der Waals surface area contributed by atoms with E-state index < -0.39 is 15.9 Å². The van der Waals surface area contributed by atoms with Crippen LogP contribution in [0.5, 0.6) is 0 Å². The van der Waals surface area contributed by atoms with Gasteiger partial charge in [-0.25, -0.2) is 13.8 Å². The summed E-state index contributed by atoms with van der Waals surface area (Å²) < 4.78 is 27.7. The number of hydrogen-bond donors (Lipinski definition) is 1. The van der Waals surface area contributed by atoms with Gasteiger partial charge < -0.3 is 0 Å². The second kappa shape index (κ2) is 11.2. The summed E-state index contributed by atoms with van der Waals surface area (Å²) in [5, 5.41) is 4.40. The number of hydrogen-bond acceptors (Lipinski definition) is 4. The molecule has 3 rings (SSSR count). The molecule has 0 aliphatic carbocycles. The van der Waals surface area contributed by atoms with Crippen LogP contribution in [0.3, 0.4) is 0 Å². The minimum absolute atomic E-state index is 0.0425. The number of benzene rings is 3. The van der Waals surface area contributed by atoms with Gasteiger partial charge in [-0.3, -0.25) is 4.79 Å². The summed E-state index contributed by atoms with van der Waals surface area (Å²) >= 11 is 5.91. The molecule has 0 aliphatic heterocycles. The predicted molar refractivity (Wildman–Crippen MR) is 132 cm³/mol. The highest BCUT2D eigenvalue weighted by Crippen LogP contribution is 2.20. The van der Waals surface area contributed by atoms with Crippen molar-refractivity contribution in [2.75, 3.05) is 6.54 Å². The van der Waals surface area contributed by atoms with Gasteiger partial charge in [0.2, 0.25) is 10.0 Å². The largest absolute Gasteiger partial charge is 0.272 e. The number of nitrogens with one attached hydrogen (secondary N) is 1. The third-order valence-corrected chi connectivity index (χ3v) is 7.10. The summed E-state index contributed by atoms with van der Waals surface area (Å²) in [6, 6.07) is 21.1. The van der Waals surface area contributed by atoms with Gasteiger partial charge in [-0.15, -0.1) is 0 Å². The van der Waals surface area contributed by atoms with Crippen molar-refractivity contribution in [1.82, 2.24) is 9.73 Å². The molecule has 172 valence electrons. The molecule has 0 fully saturated rings. The maximum Gasteiger partial charge on any atom is 0.255 e. The summed E-state index contributed by atoms with van der Waals surface area (Å²) in [6.45, 7) is 3.68. The Labute approximate surface area is 200 Å². The molecular formula is C25H26ClN3O3S. The van der Waals surface area contributed by atoms with Crippen molar-refractivity contribution in [3.05, 3.63) is 100 Å². The second-order valence-electron chi connectivity index (χ2n) is 7.60. The zero-order valence-corrected chi connectivity index (χ0v) is 20.1. The van der Waals surface area contributed by atoms with E-state index in [1.54, 1.807) is 0 Å². The molecule has 0 saturated heterocycles. The molecular weight excluding hydrogens is 458 g/mol. The first-order valence-corrected chi connectivity index (χ1v) is 12.3. The Morgan fingerprint density at radius 2 is 1.58 bits per heavy atom. The van der Waals surface area contributed by atoms with Gasteiger partial charge in [0, 0.05) is 11.6 Å². The Morgan fingerprint density at radius 3 is 2.18 bits per heavy atom. The number of sulfonamides is 1. The third-order valence-electron chi connectivity index (χ3n) is 5.04. The molecule has 0 atom stereocenters. The highest BCUT2D eigenvalue weighted by atomic mass is 35.5. The Balaban J connectivity index is 1.76. The molecule has 0 unspecified atom stereocenters. The van der Waals surface area contributed by atoms with Crippen molar-refractivity contribution in [1.29, 1.82) is 0 Å². The van der Waals surface area contributed by atoms with E-state index in [4.69, 9.17) is 11.6 Å². The number of hydrazone groups is 1. The maximum absolute atomic E-state index is 13.3. The molecule has 1 amide bonds. The quantitative estimate of drug-likeness (QED) is 0.358. The fourth-order valence-electron chi connectivity index (χ4n) is 3.09. The number of amides is 1. The smallest absolute Gasteiger partial charge is 0.255 e. The Bertz CT molecular complexity index is 1210. The zero-order valence-electron chi connectivity index (χ0n) is 18.5. The third kappa shape index (κ3) is 6.99. The topological polar surface area (TPSA) is 78.8 Å². The van der Waals surface area contributed by atoms with E-state index in [1.165, 1.54) is 36.0 Å². The van der Waals surface area contributed by atoms with Gasteiger partial charge in [0.05, 0.1) is 17.7 Å². The van der Waals surface area contributed by atoms with E-state index in [2.05, 4.69) is 17.5 Å². The predicted octanol–water partition coefficient (Wildman–Crippen LogP) is 4.55. The van der Waals surface area contributed by atoms with Crippen molar-refractivity contribution >= 4 is 33.7 Å². The molecule has 3 aromatic rings. The summed E-state index contributed by atoms with van der Waals surface area (Å²) in [6.07, 6.45) is 2.46. The Kier molecular flexibility index (Phi) is 8.38. The first-order valence-electron chi connectivity index (χ1n) is 10.5. The standard InChI is InChI=1S/C25H26ClN3O3S/c1-3-20-8-10-21(11-9-20)16-27-28-25(30)18-29(17-22-6-4-19(2)5-7-22)33(31,32)24-14-12-23(26)13-15-24/h4-16H,3,17-18H2,1-2H3,(H,28,30)/b27-16-. The molecule has 1 N–H and O–H groups in total. The highest BCUT2D eigenvalue weighted by molar-refractivity contribution is 7.89. The van der Waals surface area contributed by atoms with Crippen LogP contribution in [0.1, 0.15) is 29.2 Å².